The van der Waals surface area contributed by atoms with E-state index in [4.69, 9.17) is 4.74 Å². The zero-order valence-corrected chi connectivity index (χ0v) is 10.6. The molecule has 0 amide bonds. The summed E-state index contributed by atoms with van der Waals surface area (Å²) in [4.78, 5) is 6.75. The van der Waals surface area contributed by atoms with E-state index in [9.17, 15) is 0 Å². The third-order valence-corrected chi connectivity index (χ3v) is 3.23. The van der Waals surface area contributed by atoms with Crippen molar-refractivity contribution in [3.8, 4) is 5.88 Å². The summed E-state index contributed by atoms with van der Waals surface area (Å²) in [5, 5.41) is 0. The lowest BCUT2D eigenvalue weighted by Crippen LogP contribution is -2.44. The van der Waals surface area contributed by atoms with Crippen LogP contribution in [0.25, 0.3) is 0 Å². The summed E-state index contributed by atoms with van der Waals surface area (Å²) >= 11 is 0. The highest BCUT2D eigenvalue weighted by atomic mass is 16.5. The van der Waals surface area contributed by atoms with Gasteiger partial charge in [0.15, 0.2) is 0 Å². The maximum atomic E-state index is 5.17. The van der Waals surface area contributed by atoms with Crippen molar-refractivity contribution < 1.29 is 4.74 Å². The minimum Gasteiger partial charge on any atom is -0.481 e. The molecule has 1 aromatic heterocycles. The van der Waals surface area contributed by atoms with Gasteiger partial charge < -0.3 is 4.74 Å². The van der Waals surface area contributed by atoms with E-state index in [1.165, 1.54) is 11.1 Å². The fourth-order valence-corrected chi connectivity index (χ4v) is 2.10. The molecule has 0 aromatic carbocycles. The van der Waals surface area contributed by atoms with Gasteiger partial charge >= 0.3 is 0 Å². The average Bonchev–Trinajstić information content (AvgIpc) is 2.26. The summed E-state index contributed by atoms with van der Waals surface area (Å²) in [7, 11) is 1.67. The molecule has 0 unspecified atom stereocenters. The van der Waals surface area contributed by atoms with Crippen LogP contribution in [0.4, 0.5) is 0 Å². The van der Waals surface area contributed by atoms with Crippen LogP contribution >= 0.6 is 0 Å². The molecule has 1 aliphatic heterocycles. The van der Waals surface area contributed by atoms with Gasteiger partial charge in [0, 0.05) is 30.9 Å². The summed E-state index contributed by atoms with van der Waals surface area (Å²) in [5.41, 5.74) is 2.95. The molecule has 3 heteroatoms. The molecule has 0 saturated carbocycles. The fraction of sp³-hybridized carbons (Fsp3) is 0.615. The molecule has 2 heterocycles. The van der Waals surface area contributed by atoms with Gasteiger partial charge in [-0.3, -0.25) is 4.90 Å². The normalized spacial score (nSPS) is 17.0. The van der Waals surface area contributed by atoms with Crippen LogP contribution < -0.4 is 4.74 Å². The fourth-order valence-electron chi connectivity index (χ4n) is 2.10. The van der Waals surface area contributed by atoms with Crippen LogP contribution in [0.2, 0.25) is 0 Å². The van der Waals surface area contributed by atoms with Crippen molar-refractivity contribution in [1.29, 1.82) is 0 Å². The summed E-state index contributed by atoms with van der Waals surface area (Å²) in [6, 6.07) is 2.06. The summed E-state index contributed by atoms with van der Waals surface area (Å²) in [5.74, 6) is 0.717. The van der Waals surface area contributed by atoms with Crippen molar-refractivity contribution in [1.82, 2.24) is 9.88 Å². The van der Waals surface area contributed by atoms with Crippen LogP contribution in [0.3, 0.4) is 0 Å². The molecule has 0 bridgehead atoms. The third kappa shape index (κ3) is 2.19. The van der Waals surface area contributed by atoms with Crippen molar-refractivity contribution in [3.63, 3.8) is 0 Å². The Morgan fingerprint density at radius 1 is 1.31 bits per heavy atom. The number of nitrogens with zero attached hydrogens (tertiary/aromatic N) is 2. The highest BCUT2D eigenvalue weighted by Gasteiger charge is 2.25. The maximum Gasteiger partial charge on any atom is 0.213 e. The summed E-state index contributed by atoms with van der Waals surface area (Å²) < 4.78 is 5.17. The molecule has 1 aromatic rings. The molecule has 0 fully saturated rings. The summed E-state index contributed by atoms with van der Waals surface area (Å²) in [6.45, 7) is 8.89. The van der Waals surface area contributed by atoms with Crippen molar-refractivity contribution in [2.45, 2.75) is 39.3 Å². The minimum absolute atomic E-state index is 0.230. The highest BCUT2D eigenvalue weighted by Crippen LogP contribution is 2.26. The predicted octanol–water partition coefficient (Wildman–Crippen LogP) is 2.25. The van der Waals surface area contributed by atoms with E-state index in [-0.39, 0.29) is 5.54 Å². The molecule has 1 aliphatic rings. The van der Waals surface area contributed by atoms with Crippen molar-refractivity contribution in [2.75, 3.05) is 13.7 Å². The van der Waals surface area contributed by atoms with Crippen LogP contribution in [0.5, 0.6) is 5.88 Å². The zero-order chi connectivity index (χ0) is 11.8. The van der Waals surface area contributed by atoms with E-state index < -0.39 is 0 Å². The van der Waals surface area contributed by atoms with E-state index in [2.05, 4.69) is 36.7 Å². The number of pyridine rings is 1. The minimum atomic E-state index is 0.230. The molecular weight excluding hydrogens is 200 g/mol. The molecular formula is C13H20N2O. The largest absolute Gasteiger partial charge is 0.481 e. The standard InChI is InChI=1S/C13H20N2O/c1-13(2,3)15-6-5-10-8-14-12(16-4)7-11(10)9-15/h7-8H,5-6,9H2,1-4H3. The molecule has 0 N–H and O–H groups in total. The molecule has 0 radical (unpaired) electrons. The Morgan fingerprint density at radius 3 is 2.69 bits per heavy atom. The van der Waals surface area contributed by atoms with Crippen LogP contribution in [0.15, 0.2) is 12.3 Å². The first-order valence-electron chi connectivity index (χ1n) is 5.77. The lowest BCUT2D eigenvalue weighted by molar-refractivity contribution is 0.120. The molecule has 0 spiro atoms. The molecule has 88 valence electrons. The number of hydrogen-bond acceptors (Lipinski definition) is 3. The van der Waals surface area contributed by atoms with Gasteiger partial charge in [-0.05, 0) is 38.3 Å². The van der Waals surface area contributed by atoms with Crippen molar-refractivity contribution in [3.05, 3.63) is 23.4 Å². The lowest BCUT2D eigenvalue weighted by atomic mass is 9.96. The number of rotatable bonds is 1. The number of aromatic nitrogens is 1. The first-order valence-corrected chi connectivity index (χ1v) is 5.77. The first kappa shape index (κ1) is 11.4. The second-order valence-electron chi connectivity index (χ2n) is 5.34. The SMILES string of the molecule is COc1cc2c(cn1)CCN(C(C)(C)C)C2. The third-order valence-electron chi connectivity index (χ3n) is 3.23. The Morgan fingerprint density at radius 2 is 2.06 bits per heavy atom. The van der Waals surface area contributed by atoms with Gasteiger partial charge in [-0.2, -0.15) is 0 Å². The Balaban J connectivity index is 2.25. The van der Waals surface area contributed by atoms with Gasteiger partial charge in [-0.15, -0.1) is 0 Å². The Labute approximate surface area is 97.4 Å². The van der Waals surface area contributed by atoms with E-state index in [0.29, 0.717) is 0 Å². The van der Waals surface area contributed by atoms with Crippen molar-refractivity contribution in [2.24, 2.45) is 0 Å². The number of ether oxygens (including phenoxy) is 1. The van der Waals surface area contributed by atoms with E-state index in [1.807, 2.05) is 6.20 Å². The second kappa shape index (κ2) is 4.06. The molecule has 16 heavy (non-hydrogen) atoms. The summed E-state index contributed by atoms with van der Waals surface area (Å²) in [6.07, 6.45) is 3.04. The smallest absolute Gasteiger partial charge is 0.213 e. The van der Waals surface area contributed by atoms with Gasteiger partial charge in [0.2, 0.25) is 5.88 Å². The monoisotopic (exact) mass is 220 g/mol. The number of hydrogen-bond donors (Lipinski definition) is 0. The van der Waals surface area contributed by atoms with Gasteiger partial charge in [-0.25, -0.2) is 4.98 Å². The van der Waals surface area contributed by atoms with Crippen LogP contribution in [0.1, 0.15) is 31.9 Å². The quantitative estimate of drug-likeness (QED) is 0.726. The molecule has 3 nitrogen and oxygen atoms in total. The van der Waals surface area contributed by atoms with Gasteiger partial charge in [-0.1, -0.05) is 0 Å². The van der Waals surface area contributed by atoms with Crippen LogP contribution in [0, 0.1) is 0 Å². The molecule has 2 rings (SSSR count). The maximum absolute atomic E-state index is 5.17. The van der Waals surface area contributed by atoms with E-state index in [1.54, 1.807) is 7.11 Å². The Kier molecular flexibility index (Phi) is 2.89. The topological polar surface area (TPSA) is 25.4 Å². The van der Waals surface area contributed by atoms with E-state index >= 15 is 0 Å². The second-order valence-corrected chi connectivity index (χ2v) is 5.34. The van der Waals surface area contributed by atoms with Crippen LogP contribution in [-0.4, -0.2) is 29.1 Å². The predicted molar refractivity (Wildman–Crippen MR) is 64.7 cm³/mol. The number of fused-ring (bicyclic) bond motifs is 1. The zero-order valence-electron chi connectivity index (χ0n) is 10.6. The Bertz CT molecular complexity index is 382. The highest BCUT2D eigenvalue weighted by molar-refractivity contribution is 5.31. The Hall–Kier alpha value is -1.09. The molecule has 0 atom stereocenters. The lowest BCUT2D eigenvalue weighted by Gasteiger charge is -2.39. The first-order chi connectivity index (χ1) is 7.50. The van der Waals surface area contributed by atoms with E-state index in [0.717, 1.165) is 25.4 Å². The molecule has 0 aliphatic carbocycles. The average molecular weight is 220 g/mol. The van der Waals surface area contributed by atoms with Gasteiger partial charge in [0.05, 0.1) is 7.11 Å². The van der Waals surface area contributed by atoms with Gasteiger partial charge in [0.1, 0.15) is 0 Å². The van der Waals surface area contributed by atoms with Gasteiger partial charge in [0.25, 0.3) is 0 Å². The van der Waals surface area contributed by atoms with Crippen molar-refractivity contribution >= 4 is 0 Å². The number of methoxy groups -OCH3 is 1. The van der Waals surface area contributed by atoms with Crippen LogP contribution in [-0.2, 0) is 13.0 Å². The molecule has 0 saturated heterocycles.